The zero-order valence-corrected chi connectivity index (χ0v) is 17.2. The average molecular weight is 416 g/mol. The van der Waals surface area contributed by atoms with E-state index in [0.717, 1.165) is 56.6 Å². The van der Waals surface area contributed by atoms with Gasteiger partial charge < -0.3 is 10.2 Å². The number of para-hydroxylation sites is 1. The molecule has 4 rings (SSSR count). The van der Waals surface area contributed by atoms with Gasteiger partial charge in [-0.3, -0.25) is 9.69 Å². The molecule has 0 aliphatic carbocycles. The third kappa shape index (κ3) is 4.97. The van der Waals surface area contributed by atoms with Crippen molar-refractivity contribution < 1.29 is 9.18 Å². The van der Waals surface area contributed by atoms with Crippen LogP contribution in [0.15, 0.2) is 48.5 Å². The molecule has 4 nitrogen and oxygen atoms in total. The molecule has 1 N–H and O–H groups in total. The molecule has 1 amide bonds. The first kappa shape index (κ1) is 20.3. The van der Waals surface area contributed by atoms with E-state index < -0.39 is 0 Å². The molecule has 0 saturated carbocycles. The molecule has 0 radical (unpaired) electrons. The third-order valence-electron chi connectivity index (χ3n) is 5.90. The van der Waals surface area contributed by atoms with Crippen LogP contribution in [0.4, 0.5) is 10.1 Å². The van der Waals surface area contributed by atoms with Crippen molar-refractivity contribution in [1.82, 2.24) is 10.2 Å². The summed E-state index contributed by atoms with van der Waals surface area (Å²) in [6.45, 7) is 3.38. The first-order valence-electron chi connectivity index (χ1n) is 10.4. The minimum absolute atomic E-state index is 0.117. The highest BCUT2D eigenvalue weighted by molar-refractivity contribution is 6.33. The van der Waals surface area contributed by atoms with Crippen molar-refractivity contribution in [3.63, 3.8) is 0 Å². The van der Waals surface area contributed by atoms with Crippen LogP contribution in [0.2, 0.25) is 5.02 Å². The van der Waals surface area contributed by atoms with Crippen molar-refractivity contribution in [1.29, 1.82) is 0 Å². The fourth-order valence-electron chi connectivity index (χ4n) is 4.38. The summed E-state index contributed by atoms with van der Waals surface area (Å²) in [7, 11) is 0. The number of halogens is 2. The standard InChI is InChI=1S/C23H27ClFN3O/c24-20-7-1-2-9-22(20)28-12-4-8-21(23(28)29)26-19-10-13-27(14-11-19)16-17-5-3-6-18(25)15-17/h1-3,5-7,9,15,19,21,26H,4,8,10-14,16H2/t21-/m1/s1. The number of likely N-dealkylation sites (tertiary alicyclic amines) is 1. The van der Waals surface area contributed by atoms with Crippen LogP contribution in [0.3, 0.4) is 0 Å². The maximum atomic E-state index is 13.4. The molecule has 2 fully saturated rings. The predicted octanol–water partition coefficient (Wildman–Crippen LogP) is 4.23. The number of hydrogen-bond donors (Lipinski definition) is 1. The summed E-state index contributed by atoms with van der Waals surface area (Å²) in [5.41, 5.74) is 1.81. The Balaban J connectivity index is 1.31. The second-order valence-electron chi connectivity index (χ2n) is 7.98. The van der Waals surface area contributed by atoms with Gasteiger partial charge in [0.1, 0.15) is 5.82 Å². The van der Waals surface area contributed by atoms with Crippen molar-refractivity contribution in [2.75, 3.05) is 24.5 Å². The Kier molecular flexibility index (Phi) is 6.48. The van der Waals surface area contributed by atoms with Gasteiger partial charge in [-0.05, 0) is 68.6 Å². The van der Waals surface area contributed by atoms with E-state index >= 15 is 0 Å². The van der Waals surface area contributed by atoms with E-state index in [9.17, 15) is 9.18 Å². The van der Waals surface area contributed by atoms with Gasteiger partial charge in [-0.1, -0.05) is 35.9 Å². The van der Waals surface area contributed by atoms with Gasteiger partial charge in [0.15, 0.2) is 0 Å². The molecule has 2 aromatic rings. The van der Waals surface area contributed by atoms with Crippen molar-refractivity contribution in [2.24, 2.45) is 0 Å². The number of amides is 1. The monoisotopic (exact) mass is 415 g/mol. The van der Waals surface area contributed by atoms with Crippen molar-refractivity contribution in [3.05, 3.63) is 64.9 Å². The topological polar surface area (TPSA) is 35.6 Å². The number of nitrogens with zero attached hydrogens (tertiary/aromatic N) is 2. The lowest BCUT2D eigenvalue weighted by Crippen LogP contribution is -2.55. The summed E-state index contributed by atoms with van der Waals surface area (Å²) < 4.78 is 13.4. The third-order valence-corrected chi connectivity index (χ3v) is 6.22. The second kappa shape index (κ2) is 9.24. The van der Waals surface area contributed by atoms with Crippen molar-refractivity contribution in [3.8, 4) is 0 Å². The molecule has 154 valence electrons. The van der Waals surface area contributed by atoms with Crippen LogP contribution in [-0.2, 0) is 11.3 Å². The SMILES string of the molecule is O=C1[C@H](NC2CCN(Cc3cccc(F)c3)CC2)CCCN1c1ccccc1Cl. The van der Waals surface area contributed by atoms with Gasteiger partial charge >= 0.3 is 0 Å². The summed E-state index contributed by atoms with van der Waals surface area (Å²) in [6.07, 6.45) is 3.81. The molecule has 6 heteroatoms. The molecule has 2 heterocycles. The van der Waals surface area contributed by atoms with E-state index in [0.29, 0.717) is 17.6 Å². The molecule has 2 saturated heterocycles. The van der Waals surface area contributed by atoms with Crippen LogP contribution in [0.25, 0.3) is 0 Å². The van der Waals surface area contributed by atoms with Crippen LogP contribution < -0.4 is 10.2 Å². The second-order valence-corrected chi connectivity index (χ2v) is 8.39. The van der Waals surface area contributed by atoms with E-state index in [1.807, 2.05) is 35.2 Å². The number of piperidine rings is 2. The van der Waals surface area contributed by atoms with E-state index in [4.69, 9.17) is 11.6 Å². The van der Waals surface area contributed by atoms with Crippen molar-refractivity contribution in [2.45, 2.75) is 44.3 Å². The summed E-state index contributed by atoms with van der Waals surface area (Å²) in [6, 6.07) is 14.5. The van der Waals surface area contributed by atoms with Crippen LogP contribution in [0.1, 0.15) is 31.2 Å². The molecular formula is C23H27ClFN3O. The molecule has 0 unspecified atom stereocenters. The van der Waals surface area contributed by atoms with Gasteiger partial charge in [0.25, 0.3) is 0 Å². The Morgan fingerprint density at radius 1 is 1.03 bits per heavy atom. The molecule has 2 aliphatic rings. The number of carbonyl (C=O) groups excluding carboxylic acids is 1. The maximum absolute atomic E-state index is 13.4. The fourth-order valence-corrected chi connectivity index (χ4v) is 4.61. The lowest BCUT2D eigenvalue weighted by molar-refractivity contribution is -0.122. The summed E-state index contributed by atoms with van der Waals surface area (Å²) in [4.78, 5) is 17.2. The Morgan fingerprint density at radius 2 is 1.83 bits per heavy atom. The maximum Gasteiger partial charge on any atom is 0.244 e. The zero-order chi connectivity index (χ0) is 20.2. The molecule has 0 spiro atoms. The van der Waals surface area contributed by atoms with E-state index in [1.165, 1.54) is 6.07 Å². The smallest absolute Gasteiger partial charge is 0.244 e. The molecule has 0 bridgehead atoms. The van der Waals surface area contributed by atoms with Gasteiger partial charge in [0.05, 0.1) is 16.8 Å². The average Bonchev–Trinajstić information content (AvgIpc) is 2.72. The number of nitrogens with one attached hydrogen (secondary N) is 1. The van der Waals surface area contributed by atoms with Crippen LogP contribution in [0.5, 0.6) is 0 Å². The highest BCUT2D eigenvalue weighted by Gasteiger charge is 2.32. The summed E-state index contributed by atoms with van der Waals surface area (Å²) >= 11 is 6.31. The fraction of sp³-hybridized carbons (Fsp3) is 0.435. The lowest BCUT2D eigenvalue weighted by atomic mass is 9.98. The van der Waals surface area contributed by atoms with Gasteiger partial charge in [-0.25, -0.2) is 4.39 Å². The minimum atomic E-state index is -0.182. The van der Waals surface area contributed by atoms with E-state index in [2.05, 4.69) is 10.2 Å². The van der Waals surface area contributed by atoms with Gasteiger partial charge in [0, 0.05) is 19.1 Å². The largest absolute Gasteiger partial charge is 0.310 e. The number of benzene rings is 2. The number of hydrogen-bond acceptors (Lipinski definition) is 3. The quantitative estimate of drug-likeness (QED) is 0.793. The number of rotatable bonds is 5. The molecule has 29 heavy (non-hydrogen) atoms. The lowest BCUT2D eigenvalue weighted by Gasteiger charge is -2.38. The predicted molar refractivity (Wildman–Crippen MR) is 115 cm³/mol. The Bertz CT molecular complexity index is 854. The summed E-state index contributed by atoms with van der Waals surface area (Å²) in [5.74, 6) is -0.0653. The normalized spacial score (nSPS) is 21.5. The first-order valence-corrected chi connectivity index (χ1v) is 10.8. The van der Waals surface area contributed by atoms with Crippen LogP contribution in [0, 0.1) is 5.82 Å². The Morgan fingerprint density at radius 3 is 2.59 bits per heavy atom. The van der Waals surface area contributed by atoms with Gasteiger partial charge in [-0.15, -0.1) is 0 Å². The zero-order valence-electron chi connectivity index (χ0n) is 16.5. The molecular weight excluding hydrogens is 389 g/mol. The summed E-state index contributed by atoms with van der Waals surface area (Å²) in [5, 5.41) is 4.22. The van der Waals surface area contributed by atoms with E-state index in [-0.39, 0.29) is 17.8 Å². The van der Waals surface area contributed by atoms with Gasteiger partial charge in [0.2, 0.25) is 5.91 Å². The first-order chi connectivity index (χ1) is 14.1. The van der Waals surface area contributed by atoms with E-state index in [1.54, 1.807) is 12.1 Å². The van der Waals surface area contributed by atoms with Crippen molar-refractivity contribution >= 4 is 23.2 Å². The highest BCUT2D eigenvalue weighted by Crippen LogP contribution is 2.29. The molecule has 2 aromatic carbocycles. The Hall–Kier alpha value is -1.95. The highest BCUT2D eigenvalue weighted by atomic mass is 35.5. The van der Waals surface area contributed by atoms with Crippen LogP contribution >= 0.6 is 11.6 Å². The number of carbonyl (C=O) groups is 1. The minimum Gasteiger partial charge on any atom is -0.310 e. The molecule has 1 atom stereocenters. The molecule has 2 aliphatic heterocycles. The van der Waals surface area contributed by atoms with Gasteiger partial charge in [-0.2, -0.15) is 0 Å². The Labute approximate surface area is 176 Å². The number of anilines is 1. The van der Waals surface area contributed by atoms with Crippen LogP contribution in [-0.4, -0.2) is 42.5 Å². The molecule has 0 aromatic heterocycles.